The quantitative estimate of drug-likeness (QED) is 0.849. The van der Waals surface area contributed by atoms with Gasteiger partial charge >= 0.3 is 0 Å². The van der Waals surface area contributed by atoms with E-state index >= 15 is 0 Å². The average Bonchev–Trinajstić information content (AvgIpc) is 2.61. The number of aryl methyl sites for hydroxylation is 1. The van der Waals surface area contributed by atoms with E-state index in [-0.39, 0.29) is 0 Å². The summed E-state index contributed by atoms with van der Waals surface area (Å²) in [6, 6.07) is 8.41. The van der Waals surface area contributed by atoms with Crippen molar-refractivity contribution >= 4 is 5.82 Å². The van der Waals surface area contributed by atoms with Gasteiger partial charge in [0.15, 0.2) is 0 Å². The lowest BCUT2D eigenvalue weighted by atomic mass is 9.99. The molecule has 17 heavy (non-hydrogen) atoms. The number of nitrogens with one attached hydrogen (secondary N) is 1. The zero-order valence-corrected chi connectivity index (χ0v) is 10.6. The monoisotopic (exact) mass is 229 g/mol. The second-order valence-electron chi connectivity index (χ2n) is 4.93. The van der Waals surface area contributed by atoms with Crippen molar-refractivity contribution in [2.45, 2.75) is 27.2 Å². The molecule has 3 N–H and O–H groups in total. The van der Waals surface area contributed by atoms with Gasteiger partial charge in [-0.1, -0.05) is 43.7 Å². The number of nitrogen functional groups attached to an aromatic ring is 1. The Bertz CT molecular complexity index is 495. The molecule has 0 unspecified atom stereocenters. The van der Waals surface area contributed by atoms with Gasteiger partial charge in [0.1, 0.15) is 5.82 Å². The molecule has 0 spiro atoms. The molecule has 1 aromatic carbocycles. The molecule has 0 radical (unpaired) electrons. The Kier molecular flexibility index (Phi) is 3.18. The topological polar surface area (TPSA) is 54.7 Å². The third-order valence-electron chi connectivity index (χ3n) is 2.85. The third kappa shape index (κ3) is 2.49. The molecule has 1 heterocycles. The van der Waals surface area contributed by atoms with E-state index in [2.05, 4.69) is 55.2 Å². The number of rotatable bonds is 3. The number of anilines is 1. The molecule has 0 amide bonds. The maximum atomic E-state index is 5.91. The normalized spacial score (nSPS) is 11.1. The lowest BCUT2D eigenvalue weighted by Crippen LogP contribution is -1.99. The van der Waals surface area contributed by atoms with Gasteiger partial charge in [0.05, 0.1) is 5.69 Å². The molecule has 90 valence electrons. The summed E-state index contributed by atoms with van der Waals surface area (Å²) in [7, 11) is 0. The molecule has 0 atom stereocenters. The fraction of sp³-hybridized carbons (Fsp3) is 0.357. The van der Waals surface area contributed by atoms with Gasteiger partial charge in [-0.15, -0.1) is 0 Å². The highest BCUT2D eigenvalue weighted by Gasteiger charge is 2.13. The molecule has 0 aliphatic heterocycles. The number of aromatic amines is 1. The van der Waals surface area contributed by atoms with Crippen molar-refractivity contribution in [3.05, 3.63) is 35.4 Å². The van der Waals surface area contributed by atoms with E-state index in [1.165, 1.54) is 5.56 Å². The molecule has 0 aliphatic carbocycles. The molecule has 3 nitrogen and oxygen atoms in total. The van der Waals surface area contributed by atoms with Crippen LogP contribution < -0.4 is 5.73 Å². The Morgan fingerprint density at radius 3 is 2.47 bits per heavy atom. The van der Waals surface area contributed by atoms with Crippen LogP contribution >= 0.6 is 0 Å². The predicted octanol–water partition coefficient (Wildman–Crippen LogP) is 3.17. The zero-order valence-electron chi connectivity index (χ0n) is 10.6. The van der Waals surface area contributed by atoms with E-state index in [1.807, 2.05) is 0 Å². The van der Waals surface area contributed by atoms with Crippen LogP contribution in [0, 0.1) is 12.8 Å². The van der Waals surface area contributed by atoms with E-state index in [0.717, 1.165) is 23.2 Å². The molecular weight excluding hydrogens is 210 g/mol. The summed E-state index contributed by atoms with van der Waals surface area (Å²) >= 11 is 0. The van der Waals surface area contributed by atoms with Gasteiger partial charge in [0, 0.05) is 5.56 Å². The number of aromatic nitrogens is 2. The largest absolute Gasteiger partial charge is 0.382 e. The number of hydrogen-bond donors (Lipinski definition) is 2. The Hall–Kier alpha value is -1.77. The highest BCUT2D eigenvalue weighted by molar-refractivity contribution is 5.68. The van der Waals surface area contributed by atoms with Crippen LogP contribution in [0.4, 0.5) is 5.82 Å². The molecule has 2 rings (SSSR count). The van der Waals surface area contributed by atoms with Crippen LogP contribution in [0.3, 0.4) is 0 Å². The van der Waals surface area contributed by atoms with E-state index in [0.29, 0.717) is 11.7 Å². The minimum Gasteiger partial charge on any atom is -0.382 e. The van der Waals surface area contributed by atoms with Crippen molar-refractivity contribution in [3.8, 4) is 11.3 Å². The summed E-state index contributed by atoms with van der Waals surface area (Å²) in [5.74, 6) is 1.19. The first kappa shape index (κ1) is 11.7. The van der Waals surface area contributed by atoms with Gasteiger partial charge in [-0.3, -0.25) is 5.10 Å². The zero-order chi connectivity index (χ0) is 12.4. The second-order valence-corrected chi connectivity index (χ2v) is 4.93. The molecule has 1 aromatic heterocycles. The van der Waals surface area contributed by atoms with Gasteiger partial charge in [-0.2, -0.15) is 5.10 Å². The molecule has 0 saturated heterocycles. The van der Waals surface area contributed by atoms with Crippen LogP contribution in [0.15, 0.2) is 24.3 Å². The van der Waals surface area contributed by atoms with Crippen LogP contribution in [-0.2, 0) is 6.42 Å². The van der Waals surface area contributed by atoms with Crippen LogP contribution in [0.1, 0.15) is 25.0 Å². The summed E-state index contributed by atoms with van der Waals surface area (Å²) in [6.45, 7) is 6.46. The molecule has 3 heteroatoms. The Balaban J connectivity index is 2.41. The van der Waals surface area contributed by atoms with Crippen LogP contribution in [-0.4, -0.2) is 10.2 Å². The Morgan fingerprint density at radius 1 is 1.24 bits per heavy atom. The van der Waals surface area contributed by atoms with E-state index in [9.17, 15) is 0 Å². The van der Waals surface area contributed by atoms with Gasteiger partial charge in [0.2, 0.25) is 0 Å². The minimum absolute atomic E-state index is 0.569. The van der Waals surface area contributed by atoms with Crippen LogP contribution in [0.2, 0.25) is 0 Å². The van der Waals surface area contributed by atoms with Crippen molar-refractivity contribution in [2.24, 2.45) is 5.92 Å². The number of nitrogens with two attached hydrogens (primary N) is 1. The molecule has 0 saturated carbocycles. The molecule has 0 fully saturated rings. The minimum atomic E-state index is 0.569. The maximum absolute atomic E-state index is 5.91. The van der Waals surface area contributed by atoms with Gasteiger partial charge < -0.3 is 5.73 Å². The van der Waals surface area contributed by atoms with Crippen molar-refractivity contribution in [3.63, 3.8) is 0 Å². The summed E-state index contributed by atoms with van der Waals surface area (Å²) in [5, 5.41) is 7.16. The first-order valence-corrected chi connectivity index (χ1v) is 5.97. The highest BCUT2D eigenvalue weighted by atomic mass is 15.2. The smallest absolute Gasteiger partial charge is 0.149 e. The van der Waals surface area contributed by atoms with E-state index < -0.39 is 0 Å². The summed E-state index contributed by atoms with van der Waals surface area (Å²) in [4.78, 5) is 0. The number of benzene rings is 1. The Labute approximate surface area is 102 Å². The fourth-order valence-corrected chi connectivity index (χ4v) is 1.95. The summed E-state index contributed by atoms with van der Waals surface area (Å²) in [5.41, 5.74) is 10.5. The summed E-state index contributed by atoms with van der Waals surface area (Å²) < 4.78 is 0. The summed E-state index contributed by atoms with van der Waals surface area (Å²) in [6.07, 6.45) is 0.950. The first-order chi connectivity index (χ1) is 8.08. The lowest BCUT2D eigenvalue weighted by molar-refractivity contribution is 0.649. The number of H-pyrrole nitrogens is 1. The standard InChI is InChI=1S/C14H19N3/c1-9(2)8-12-13(16-17-14(12)15)11-6-4-10(3)5-7-11/h4-7,9H,8H2,1-3H3,(H3,15,16,17). The Morgan fingerprint density at radius 2 is 1.88 bits per heavy atom. The third-order valence-corrected chi connectivity index (χ3v) is 2.85. The van der Waals surface area contributed by atoms with Gasteiger partial charge in [-0.25, -0.2) is 0 Å². The average molecular weight is 229 g/mol. The molecule has 0 bridgehead atoms. The molecule has 2 aromatic rings. The van der Waals surface area contributed by atoms with Gasteiger partial charge in [0.25, 0.3) is 0 Å². The van der Waals surface area contributed by atoms with Crippen LogP contribution in [0.5, 0.6) is 0 Å². The maximum Gasteiger partial charge on any atom is 0.149 e. The number of nitrogens with zero attached hydrogens (tertiary/aromatic N) is 1. The van der Waals surface area contributed by atoms with Gasteiger partial charge in [-0.05, 0) is 24.8 Å². The number of hydrogen-bond acceptors (Lipinski definition) is 2. The predicted molar refractivity (Wildman–Crippen MR) is 71.7 cm³/mol. The highest BCUT2D eigenvalue weighted by Crippen LogP contribution is 2.27. The van der Waals surface area contributed by atoms with E-state index in [1.54, 1.807) is 0 Å². The van der Waals surface area contributed by atoms with E-state index in [4.69, 9.17) is 5.73 Å². The first-order valence-electron chi connectivity index (χ1n) is 5.97. The van der Waals surface area contributed by atoms with Crippen LogP contribution in [0.25, 0.3) is 11.3 Å². The van der Waals surface area contributed by atoms with Crippen molar-refractivity contribution < 1.29 is 0 Å². The second kappa shape index (κ2) is 4.62. The van der Waals surface area contributed by atoms with Crippen molar-refractivity contribution in [1.82, 2.24) is 10.2 Å². The molecular formula is C14H19N3. The fourth-order valence-electron chi connectivity index (χ4n) is 1.95. The SMILES string of the molecule is Cc1ccc(-c2[nH]nc(N)c2CC(C)C)cc1. The molecule has 0 aliphatic rings. The van der Waals surface area contributed by atoms with Crippen molar-refractivity contribution in [2.75, 3.05) is 5.73 Å². The lowest BCUT2D eigenvalue weighted by Gasteiger charge is -2.07. The van der Waals surface area contributed by atoms with Crippen molar-refractivity contribution in [1.29, 1.82) is 0 Å².